The molecule has 3 N–H and O–H groups in total. The Labute approximate surface area is 122 Å². The van der Waals surface area contributed by atoms with Gasteiger partial charge in [0.1, 0.15) is 5.75 Å². The number of nitrogens with one attached hydrogen (secondary N) is 2. The first-order valence-electron chi connectivity index (χ1n) is 6.63. The van der Waals surface area contributed by atoms with E-state index in [9.17, 15) is 9.59 Å². The van der Waals surface area contributed by atoms with Crippen LogP contribution in [-0.2, 0) is 4.79 Å². The van der Waals surface area contributed by atoms with Crippen molar-refractivity contribution < 1.29 is 19.4 Å². The van der Waals surface area contributed by atoms with E-state index in [0.717, 1.165) is 11.3 Å². The number of urea groups is 1. The Morgan fingerprint density at radius 1 is 1.33 bits per heavy atom. The Balaban J connectivity index is 1.89. The summed E-state index contributed by atoms with van der Waals surface area (Å²) in [5.74, 6) is -0.649. The second-order valence-corrected chi connectivity index (χ2v) is 4.95. The smallest absolute Gasteiger partial charge is 0.319 e. The third-order valence-electron chi connectivity index (χ3n) is 3.37. The zero-order valence-corrected chi connectivity index (χ0v) is 11.9. The molecule has 0 bridgehead atoms. The molecule has 0 aromatic heterocycles. The van der Waals surface area contributed by atoms with Crippen molar-refractivity contribution in [3.05, 3.63) is 35.9 Å². The van der Waals surface area contributed by atoms with Crippen molar-refractivity contribution in [2.75, 3.05) is 12.4 Å². The van der Waals surface area contributed by atoms with Crippen molar-refractivity contribution in [1.82, 2.24) is 5.32 Å². The summed E-state index contributed by atoms with van der Waals surface area (Å²) in [4.78, 5) is 22.7. The Morgan fingerprint density at radius 2 is 2.10 bits per heavy atom. The highest BCUT2D eigenvalue weighted by atomic mass is 16.5. The molecular formula is C15H18N2O4. The Hall–Kier alpha value is -2.50. The number of hydrogen-bond donors (Lipinski definition) is 3. The van der Waals surface area contributed by atoms with Gasteiger partial charge < -0.3 is 20.5 Å². The predicted molar refractivity (Wildman–Crippen MR) is 78.6 cm³/mol. The molecule has 1 aliphatic rings. The lowest BCUT2D eigenvalue weighted by atomic mass is 10.1. The number of ether oxygens (including phenoxy) is 1. The summed E-state index contributed by atoms with van der Waals surface area (Å²) in [5.41, 5.74) is 1.57. The summed E-state index contributed by atoms with van der Waals surface area (Å²) in [6, 6.07) is 4.71. The van der Waals surface area contributed by atoms with E-state index in [0.29, 0.717) is 12.1 Å². The molecule has 2 unspecified atom stereocenters. The molecule has 21 heavy (non-hydrogen) atoms. The number of anilines is 1. The van der Waals surface area contributed by atoms with E-state index >= 15 is 0 Å². The summed E-state index contributed by atoms with van der Waals surface area (Å²) >= 11 is 0. The van der Waals surface area contributed by atoms with Gasteiger partial charge in [0.05, 0.1) is 19.1 Å². The van der Waals surface area contributed by atoms with Gasteiger partial charge >= 0.3 is 12.0 Å². The van der Waals surface area contributed by atoms with Crippen LogP contribution in [0.3, 0.4) is 0 Å². The molecule has 2 amide bonds. The number of carbonyl (C=O) groups is 2. The van der Waals surface area contributed by atoms with Gasteiger partial charge in [0.2, 0.25) is 0 Å². The van der Waals surface area contributed by atoms with Gasteiger partial charge in [-0.2, -0.15) is 0 Å². The van der Waals surface area contributed by atoms with Crippen LogP contribution in [0, 0.1) is 12.8 Å². The second-order valence-electron chi connectivity index (χ2n) is 4.95. The van der Waals surface area contributed by atoms with Crippen molar-refractivity contribution in [2.24, 2.45) is 5.92 Å². The van der Waals surface area contributed by atoms with Crippen molar-refractivity contribution in [3.8, 4) is 5.75 Å². The first-order chi connectivity index (χ1) is 9.99. The molecule has 6 heteroatoms. The monoisotopic (exact) mass is 290 g/mol. The standard InChI is InChI=1S/C15H18N2O4/c1-9-7-11(5-6-13(9)21-2)16-15(20)17-12-4-3-10(8-12)14(18)19/h3-7,10,12H,8H2,1-2H3,(H,18,19)(H2,16,17,20). The van der Waals surface area contributed by atoms with Gasteiger partial charge in [-0.1, -0.05) is 12.2 Å². The van der Waals surface area contributed by atoms with Gasteiger partial charge in [-0.05, 0) is 37.1 Å². The number of carboxylic acids is 1. The molecule has 0 aliphatic heterocycles. The molecule has 1 aromatic rings. The van der Waals surface area contributed by atoms with Crippen molar-refractivity contribution in [3.63, 3.8) is 0 Å². The van der Waals surface area contributed by atoms with E-state index < -0.39 is 11.9 Å². The number of carboxylic acid groups (broad SMARTS) is 1. The molecule has 1 aromatic carbocycles. The molecular weight excluding hydrogens is 272 g/mol. The van der Waals surface area contributed by atoms with E-state index in [2.05, 4.69) is 10.6 Å². The molecule has 2 atom stereocenters. The fraction of sp³-hybridized carbons (Fsp3) is 0.333. The Bertz CT molecular complexity index is 583. The fourth-order valence-corrected chi connectivity index (χ4v) is 2.28. The van der Waals surface area contributed by atoms with Crippen LogP contribution in [0.4, 0.5) is 10.5 Å². The normalized spacial score (nSPS) is 20.1. The number of aryl methyl sites for hydroxylation is 1. The highest BCUT2D eigenvalue weighted by Crippen LogP contribution is 2.22. The van der Waals surface area contributed by atoms with Gasteiger partial charge in [0, 0.05) is 5.69 Å². The Morgan fingerprint density at radius 3 is 2.67 bits per heavy atom. The van der Waals surface area contributed by atoms with Gasteiger partial charge in [-0.15, -0.1) is 0 Å². The zero-order valence-electron chi connectivity index (χ0n) is 11.9. The predicted octanol–water partition coefficient (Wildman–Crippen LogP) is 2.15. The largest absolute Gasteiger partial charge is 0.496 e. The summed E-state index contributed by atoms with van der Waals surface area (Å²) in [6.45, 7) is 1.89. The molecule has 0 fully saturated rings. The highest BCUT2D eigenvalue weighted by molar-refractivity contribution is 5.90. The quantitative estimate of drug-likeness (QED) is 0.741. The Kier molecular flexibility index (Phi) is 4.47. The molecule has 1 aliphatic carbocycles. The minimum absolute atomic E-state index is 0.259. The summed E-state index contributed by atoms with van der Waals surface area (Å²) in [5, 5.41) is 14.3. The average Bonchev–Trinajstić information content (AvgIpc) is 2.87. The van der Waals surface area contributed by atoms with E-state index in [4.69, 9.17) is 9.84 Å². The molecule has 0 saturated carbocycles. The van der Waals surface area contributed by atoms with Crippen LogP contribution in [0.2, 0.25) is 0 Å². The van der Waals surface area contributed by atoms with Crippen LogP contribution in [0.25, 0.3) is 0 Å². The number of hydrogen-bond acceptors (Lipinski definition) is 3. The molecule has 6 nitrogen and oxygen atoms in total. The van der Waals surface area contributed by atoms with E-state index in [1.807, 2.05) is 13.0 Å². The lowest BCUT2D eigenvalue weighted by Gasteiger charge is -2.14. The summed E-state index contributed by atoms with van der Waals surface area (Å²) < 4.78 is 5.15. The van der Waals surface area contributed by atoms with Crippen molar-refractivity contribution in [1.29, 1.82) is 0 Å². The number of benzene rings is 1. The number of methoxy groups -OCH3 is 1. The summed E-state index contributed by atoms with van der Waals surface area (Å²) in [6.07, 6.45) is 3.69. The minimum Gasteiger partial charge on any atom is -0.496 e. The first-order valence-corrected chi connectivity index (χ1v) is 6.63. The minimum atomic E-state index is -0.873. The first kappa shape index (κ1) is 14.9. The second kappa shape index (κ2) is 6.30. The topological polar surface area (TPSA) is 87.7 Å². The maximum absolute atomic E-state index is 11.9. The zero-order chi connectivity index (χ0) is 15.4. The number of carbonyl (C=O) groups excluding carboxylic acids is 1. The lowest BCUT2D eigenvalue weighted by Crippen LogP contribution is -2.36. The van der Waals surface area contributed by atoms with Crippen LogP contribution < -0.4 is 15.4 Å². The molecule has 2 rings (SSSR count). The van der Waals surface area contributed by atoms with E-state index in [1.54, 1.807) is 31.4 Å². The van der Waals surface area contributed by atoms with Gasteiger partial charge in [-0.3, -0.25) is 4.79 Å². The van der Waals surface area contributed by atoms with Gasteiger partial charge in [0.25, 0.3) is 0 Å². The summed E-state index contributed by atoms with van der Waals surface area (Å²) in [7, 11) is 1.59. The van der Waals surface area contributed by atoms with Crippen LogP contribution in [0.15, 0.2) is 30.4 Å². The average molecular weight is 290 g/mol. The number of amides is 2. The van der Waals surface area contributed by atoms with Crippen LogP contribution in [0.1, 0.15) is 12.0 Å². The third-order valence-corrected chi connectivity index (χ3v) is 3.37. The molecule has 0 radical (unpaired) electrons. The van der Waals surface area contributed by atoms with Crippen LogP contribution >= 0.6 is 0 Å². The highest BCUT2D eigenvalue weighted by Gasteiger charge is 2.25. The van der Waals surface area contributed by atoms with Crippen LogP contribution in [-0.4, -0.2) is 30.3 Å². The van der Waals surface area contributed by atoms with Gasteiger partial charge in [0.15, 0.2) is 0 Å². The molecule has 0 heterocycles. The van der Waals surface area contributed by atoms with E-state index in [1.165, 1.54) is 0 Å². The van der Waals surface area contributed by atoms with Crippen molar-refractivity contribution >= 4 is 17.7 Å². The number of rotatable bonds is 4. The maximum atomic E-state index is 11.9. The molecule has 0 saturated heterocycles. The third kappa shape index (κ3) is 3.75. The van der Waals surface area contributed by atoms with Gasteiger partial charge in [-0.25, -0.2) is 4.79 Å². The SMILES string of the molecule is COc1ccc(NC(=O)NC2C=CC(C(=O)O)C2)cc1C. The lowest BCUT2D eigenvalue weighted by molar-refractivity contribution is -0.140. The molecule has 0 spiro atoms. The van der Waals surface area contributed by atoms with Crippen molar-refractivity contribution in [2.45, 2.75) is 19.4 Å². The van der Waals surface area contributed by atoms with E-state index in [-0.39, 0.29) is 12.1 Å². The fourth-order valence-electron chi connectivity index (χ4n) is 2.28. The number of aliphatic carboxylic acids is 1. The van der Waals surface area contributed by atoms with Crippen LogP contribution in [0.5, 0.6) is 5.75 Å². The molecule has 112 valence electrons. The maximum Gasteiger partial charge on any atom is 0.319 e.